The molecular formula is C14H12ClN3O2S. The lowest BCUT2D eigenvalue weighted by Gasteiger charge is -2.09. The molecule has 1 aromatic carbocycles. The van der Waals surface area contributed by atoms with Crippen LogP contribution in [0.5, 0.6) is 0 Å². The highest BCUT2D eigenvalue weighted by Crippen LogP contribution is 2.23. The van der Waals surface area contributed by atoms with E-state index in [0.717, 1.165) is 11.3 Å². The van der Waals surface area contributed by atoms with Gasteiger partial charge >= 0.3 is 0 Å². The quantitative estimate of drug-likeness (QED) is 0.806. The Kier molecular flexibility index (Phi) is 3.35. The number of anilines is 1. The molecule has 0 unspecified atom stereocenters. The highest BCUT2D eigenvalue weighted by Gasteiger charge is 2.17. The summed E-state index contributed by atoms with van der Waals surface area (Å²) in [6, 6.07) is 9.72. The lowest BCUT2D eigenvalue weighted by molar-refractivity contribution is 0.601. The third kappa shape index (κ3) is 2.72. The Bertz CT molecular complexity index is 919. The summed E-state index contributed by atoms with van der Waals surface area (Å²) in [6.45, 7) is 1.88. The van der Waals surface area contributed by atoms with Gasteiger partial charge < -0.3 is 4.40 Å². The van der Waals surface area contributed by atoms with Crippen LogP contribution in [0.2, 0.25) is 5.02 Å². The first-order valence-corrected chi connectivity index (χ1v) is 8.04. The lowest BCUT2D eigenvalue weighted by Crippen LogP contribution is -2.13. The van der Waals surface area contributed by atoms with E-state index < -0.39 is 10.0 Å². The number of hydrogen-bond donors (Lipinski definition) is 1. The van der Waals surface area contributed by atoms with E-state index in [4.69, 9.17) is 11.6 Å². The number of nitrogens with zero attached hydrogens (tertiary/aromatic N) is 2. The number of pyridine rings is 1. The van der Waals surface area contributed by atoms with Gasteiger partial charge in [0.2, 0.25) is 0 Å². The van der Waals surface area contributed by atoms with Crippen LogP contribution >= 0.6 is 11.6 Å². The molecule has 3 aromatic rings. The number of nitrogens with one attached hydrogen (secondary N) is 1. The fourth-order valence-corrected chi connectivity index (χ4v) is 3.62. The topological polar surface area (TPSA) is 63.5 Å². The first-order valence-electron chi connectivity index (χ1n) is 6.18. The summed E-state index contributed by atoms with van der Waals surface area (Å²) in [6.07, 6.45) is 3.49. The highest BCUT2D eigenvalue weighted by molar-refractivity contribution is 7.92. The molecule has 0 radical (unpaired) electrons. The van der Waals surface area contributed by atoms with E-state index in [1.165, 1.54) is 6.07 Å². The van der Waals surface area contributed by atoms with Crippen LogP contribution in [-0.4, -0.2) is 17.8 Å². The molecule has 5 nitrogen and oxygen atoms in total. The van der Waals surface area contributed by atoms with Gasteiger partial charge in [-0.05, 0) is 31.2 Å². The Morgan fingerprint density at radius 2 is 1.90 bits per heavy atom. The average molecular weight is 322 g/mol. The second-order valence-corrected chi connectivity index (χ2v) is 6.66. The smallest absolute Gasteiger partial charge is 0.263 e. The van der Waals surface area contributed by atoms with Crippen LogP contribution in [0.1, 0.15) is 5.69 Å². The van der Waals surface area contributed by atoms with Gasteiger partial charge in [0.25, 0.3) is 10.0 Å². The largest absolute Gasteiger partial charge is 0.305 e. The third-order valence-electron chi connectivity index (χ3n) is 2.95. The molecule has 0 aliphatic heterocycles. The SMILES string of the molecule is Cc1cn2cc(NS(=O)(=O)c3ccccc3Cl)ccc2n1. The van der Waals surface area contributed by atoms with Crippen molar-refractivity contribution in [2.75, 3.05) is 4.72 Å². The fourth-order valence-electron chi connectivity index (χ4n) is 2.05. The molecule has 0 spiro atoms. The van der Waals surface area contributed by atoms with Crippen molar-refractivity contribution in [3.63, 3.8) is 0 Å². The summed E-state index contributed by atoms with van der Waals surface area (Å²) >= 11 is 5.94. The number of aryl methyl sites for hydroxylation is 1. The molecule has 0 aliphatic rings. The Morgan fingerprint density at radius 3 is 2.67 bits per heavy atom. The standard InChI is InChI=1S/C14H12ClN3O2S/c1-10-8-18-9-11(6-7-14(18)16-10)17-21(19,20)13-5-3-2-4-12(13)15/h2-9,17H,1H3. The number of imidazole rings is 1. The Labute approximate surface area is 127 Å². The van der Waals surface area contributed by atoms with Crippen LogP contribution < -0.4 is 4.72 Å². The Morgan fingerprint density at radius 1 is 1.14 bits per heavy atom. The normalized spacial score (nSPS) is 11.7. The summed E-state index contributed by atoms with van der Waals surface area (Å²) in [5.74, 6) is 0. The van der Waals surface area contributed by atoms with Crippen molar-refractivity contribution < 1.29 is 8.42 Å². The molecule has 1 N–H and O–H groups in total. The molecule has 0 atom stereocenters. The summed E-state index contributed by atoms with van der Waals surface area (Å²) in [7, 11) is -3.72. The lowest BCUT2D eigenvalue weighted by atomic mass is 10.4. The van der Waals surface area contributed by atoms with Crippen molar-refractivity contribution in [3.8, 4) is 0 Å². The van der Waals surface area contributed by atoms with Gasteiger partial charge in [-0.2, -0.15) is 0 Å². The molecule has 0 amide bonds. The minimum atomic E-state index is -3.72. The third-order valence-corrected chi connectivity index (χ3v) is 4.83. The second kappa shape index (κ2) is 5.05. The van der Waals surface area contributed by atoms with Gasteiger partial charge in [-0.25, -0.2) is 13.4 Å². The molecule has 0 saturated carbocycles. The number of halogens is 1. The van der Waals surface area contributed by atoms with E-state index >= 15 is 0 Å². The van der Waals surface area contributed by atoms with Crippen LogP contribution in [0.4, 0.5) is 5.69 Å². The molecule has 2 heterocycles. The number of aromatic nitrogens is 2. The van der Waals surface area contributed by atoms with Crippen LogP contribution in [0.3, 0.4) is 0 Å². The minimum Gasteiger partial charge on any atom is -0.305 e. The molecule has 108 valence electrons. The summed E-state index contributed by atoms with van der Waals surface area (Å²) in [5.41, 5.74) is 2.06. The molecule has 0 bridgehead atoms. The van der Waals surface area contributed by atoms with Gasteiger partial charge in [0, 0.05) is 12.4 Å². The van der Waals surface area contributed by atoms with E-state index in [1.807, 2.05) is 13.1 Å². The van der Waals surface area contributed by atoms with Crippen LogP contribution in [0.25, 0.3) is 5.65 Å². The molecule has 21 heavy (non-hydrogen) atoms. The Balaban J connectivity index is 1.99. The maximum atomic E-state index is 12.3. The van der Waals surface area contributed by atoms with Gasteiger partial charge in [0.05, 0.1) is 16.4 Å². The van der Waals surface area contributed by atoms with Crippen molar-refractivity contribution in [2.45, 2.75) is 11.8 Å². The van der Waals surface area contributed by atoms with E-state index in [0.29, 0.717) is 5.69 Å². The van der Waals surface area contributed by atoms with E-state index in [1.54, 1.807) is 40.9 Å². The maximum absolute atomic E-state index is 12.3. The summed E-state index contributed by atoms with van der Waals surface area (Å²) in [5, 5.41) is 0.185. The second-order valence-electron chi connectivity index (χ2n) is 4.60. The predicted octanol–water partition coefficient (Wildman–Crippen LogP) is 3.10. The summed E-state index contributed by atoms with van der Waals surface area (Å²) < 4.78 is 29.0. The number of hydrogen-bond acceptors (Lipinski definition) is 3. The van der Waals surface area contributed by atoms with Gasteiger partial charge in [0.15, 0.2) is 0 Å². The van der Waals surface area contributed by atoms with Crippen LogP contribution in [-0.2, 0) is 10.0 Å². The van der Waals surface area contributed by atoms with Crippen molar-refractivity contribution in [1.29, 1.82) is 0 Å². The molecule has 3 rings (SSSR count). The summed E-state index contributed by atoms with van der Waals surface area (Å²) in [4.78, 5) is 4.34. The monoisotopic (exact) mass is 321 g/mol. The Hall–Kier alpha value is -2.05. The molecule has 0 saturated heterocycles. The van der Waals surface area contributed by atoms with Crippen LogP contribution in [0, 0.1) is 6.92 Å². The van der Waals surface area contributed by atoms with E-state index in [9.17, 15) is 8.42 Å². The maximum Gasteiger partial charge on any atom is 0.263 e. The zero-order valence-corrected chi connectivity index (χ0v) is 12.7. The molecule has 2 aromatic heterocycles. The van der Waals surface area contributed by atoms with Gasteiger partial charge in [-0.15, -0.1) is 0 Å². The fraction of sp³-hybridized carbons (Fsp3) is 0.0714. The molecular weight excluding hydrogens is 310 g/mol. The number of rotatable bonds is 3. The first kappa shape index (κ1) is 13.9. The van der Waals surface area contributed by atoms with Gasteiger partial charge in [-0.3, -0.25) is 4.72 Å². The van der Waals surface area contributed by atoms with Gasteiger partial charge in [0.1, 0.15) is 10.5 Å². The average Bonchev–Trinajstić information content (AvgIpc) is 2.78. The van der Waals surface area contributed by atoms with Crippen LogP contribution in [0.15, 0.2) is 53.7 Å². The zero-order chi connectivity index (χ0) is 15.0. The molecule has 0 fully saturated rings. The number of benzene rings is 1. The predicted molar refractivity (Wildman–Crippen MR) is 82.2 cm³/mol. The van der Waals surface area contributed by atoms with Crippen molar-refractivity contribution in [2.24, 2.45) is 0 Å². The van der Waals surface area contributed by atoms with Crippen molar-refractivity contribution >= 4 is 33.0 Å². The minimum absolute atomic E-state index is 0.0496. The first-order chi connectivity index (χ1) is 9.95. The highest BCUT2D eigenvalue weighted by atomic mass is 35.5. The number of sulfonamides is 1. The van der Waals surface area contributed by atoms with E-state index in [-0.39, 0.29) is 9.92 Å². The number of fused-ring (bicyclic) bond motifs is 1. The molecule has 7 heteroatoms. The van der Waals surface area contributed by atoms with E-state index in [2.05, 4.69) is 9.71 Å². The van der Waals surface area contributed by atoms with Crippen molar-refractivity contribution in [1.82, 2.24) is 9.38 Å². The van der Waals surface area contributed by atoms with Gasteiger partial charge in [-0.1, -0.05) is 23.7 Å². The van der Waals surface area contributed by atoms with Crippen molar-refractivity contribution in [3.05, 3.63) is 59.5 Å². The molecule has 0 aliphatic carbocycles. The zero-order valence-electron chi connectivity index (χ0n) is 11.1.